The maximum Gasteiger partial charge on any atom is 0.423 e. The maximum absolute atomic E-state index is 12.3. The van der Waals surface area contributed by atoms with Crippen molar-refractivity contribution in [2.75, 3.05) is 38.5 Å². The van der Waals surface area contributed by atoms with Crippen molar-refractivity contribution < 1.29 is 14.3 Å². The molecule has 174 valence electrons. The number of amides is 4. The third-order valence-corrected chi connectivity index (χ3v) is 6.43. The van der Waals surface area contributed by atoms with Gasteiger partial charge in [-0.2, -0.15) is 4.48 Å². The lowest BCUT2D eigenvalue weighted by atomic mass is 9.97. The average molecular weight is 452 g/mol. The first-order valence-corrected chi connectivity index (χ1v) is 11.3. The van der Waals surface area contributed by atoms with Gasteiger partial charge in [-0.1, -0.05) is 0 Å². The highest BCUT2D eigenvalue weighted by molar-refractivity contribution is 5.94. The Morgan fingerprint density at radius 2 is 1.97 bits per heavy atom. The van der Waals surface area contributed by atoms with E-state index in [2.05, 4.69) is 27.6 Å². The maximum atomic E-state index is 12.3. The number of nitrogens with two attached hydrogens (primary N) is 1. The SMILES string of the molecule is CC[N+]1(C(N)=O)C=Cc2cc(Oc3ccnc(NC(=O)NCC4CCN(C)CC4)c3)ccc21. The summed E-state index contributed by atoms with van der Waals surface area (Å²) < 4.78 is 5.97. The molecule has 0 spiro atoms. The third-order valence-electron chi connectivity index (χ3n) is 6.43. The van der Waals surface area contributed by atoms with E-state index in [1.807, 2.05) is 25.1 Å². The summed E-state index contributed by atoms with van der Waals surface area (Å²) in [7, 11) is 2.12. The van der Waals surface area contributed by atoms with Crippen molar-refractivity contribution in [3.63, 3.8) is 0 Å². The van der Waals surface area contributed by atoms with Gasteiger partial charge in [0.25, 0.3) is 0 Å². The molecule has 1 saturated heterocycles. The number of urea groups is 2. The van der Waals surface area contributed by atoms with E-state index in [9.17, 15) is 9.59 Å². The smallest absolute Gasteiger partial charge is 0.423 e. The standard InChI is InChI=1S/C24H30N6O3/c1-3-30(23(25)31)13-9-18-14-19(4-5-21(18)30)33-20-6-10-26-22(15-20)28-24(32)27-16-17-7-11-29(2)12-8-17/h4-6,9-10,13-15,17H,3,7-8,11-12,16H2,1-2H3,(H3-,25,26,27,28,31,32)/p+1. The summed E-state index contributed by atoms with van der Waals surface area (Å²) in [6.45, 7) is 5.24. The van der Waals surface area contributed by atoms with E-state index in [1.54, 1.807) is 30.6 Å². The molecule has 4 rings (SSSR count). The fraction of sp³-hybridized carbons (Fsp3) is 0.375. The van der Waals surface area contributed by atoms with Gasteiger partial charge in [-0.15, -0.1) is 0 Å². The number of aromatic nitrogens is 1. The van der Waals surface area contributed by atoms with Crippen LogP contribution in [0.3, 0.4) is 0 Å². The molecule has 3 heterocycles. The lowest BCUT2D eigenvalue weighted by Crippen LogP contribution is -2.51. The highest BCUT2D eigenvalue weighted by atomic mass is 16.5. The van der Waals surface area contributed by atoms with Crippen molar-refractivity contribution >= 4 is 29.6 Å². The second-order valence-electron chi connectivity index (χ2n) is 8.62. The predicted molar refractivity (Wildman–Crippen MR) is 129 cm³/mol. The van der Waals surface area contributed by atoms with Crippen LogP contribution in [0.2, 0.25) is 0 Å². The van der Waals surface area contributed by atoms with Crippen molar-refractivity contribution in [1.29, 1.82) is 0 Å². The molecule has 9 heteroatoms. The molecule has 1 fully saturated rings. The number of nitrogens with one attached hydrogen (secondary N) is 2. The van der Waals surface area contributed by atoms with Gasteiger partial charge in [0.15, 0.2) is 5.69 Å². The van der Waals surface area contributed by atoms with Gasteiger partial charge in [0.05, 0.1) is 6.54 Å². The first-order valence-electron chi connectivity index (χ1n) is 11.3. The number of likely N-dealkylation sites (tertiary alicyclic amines) is 1. The Hall–Kier alpha value is -3.43. The molecule has 33 heavy (non-hydrogen) atoms. The predicted octanol–water partition coefficient (Wildman–Crippen LogP) is 3.73. The third kappa shape index (κ3) is 4.99. The monoisotopic (exact) mass is 451 g/mol. The second-order valence-corrected chi connectivity index (χ2v) is 8.62. The topological polar surface area (TPSA) is 110 Å². The summed E-state index contributed by atoms with van der Waals surface area (Å²) in [6, 6.07) is 8.23. The quantitative estimate of drug-likeness (QED) is 0.580. The fourth-order valence-electron chi connectivity index (χ4n) is 4.35. The minimum Gasteiger partial charge on any atom is -0.457 e. The summed E-state index contributed by atoms with van der Waals surface area (Å²) in [5.41, 5.74) is 7.36. The van der Waals surface area contributed by atoms with E-state index in [0.29, 0.717) is 36.3 Å². The molecule has 0 aliphatic carbocycles. The second kappa shape index (κ2) is 9.60. The molecule has 0 radical (unpaired) electrons. The molecule has 1 aromatic carbocycles. The number of hydrogen-bond donors (Lipinski definition) is 3. The normalized spacial score (nSPS) is 20.3. The van der Waals surface area contributed by atoms with Crippen molar-refractivity contribution in [1.82, 2.24) is 19.7 Å². The van der Waals surface area contributed by atoms with Crippen LogP contribution in [-0.2, 0) is 0 Å². The van der Waals surface area contributed by atoms with Gasteiger partial charge < -0.3 is 20.7 Å². The molecule has 1 unspecified atom stereocenters. The van der Waals surface area contributed by atoms with Crippen LogP contribution in [-0.4, -0.2) is 55.2 Å². The van der Waals surface area contributed by atoms with Crippen molar-refractivity contribution in [3.8, 4) is 11.5 Å². The van der Waals surface area contributed by atoms with Crippen LogP contribution in [0.15, 0.2) is 42.7 Å². The van der Waals surface area contributed by atoms with Gasteiger partial charge in [0.1, 0.15) is 23.5 Å². The summed E-state index contributed by atoms with van der Waals surface area (Å²) in [5.74, 6) is 2.07. The number of anilines is 1. The Bertz CT molecular complexity index is 1060. The molecule has 1 atom stereocenters. The van der Waals surface area contributed by atoms with Crippen LogP contribution in [0.4, 0.5) is 21.1 Å². The number of primary amides is 1. The van der Waals surface area contributed by atoms with Gasteiger partial charge in [-0.3, -0.25) is 5.32 Å². The molecule has 0 bridgehead atoms. The summed E-state index contributed by atoms with van der Waals surface area (Å²) >= 11 is 0. The van der Waals surface area contributed by atoms with Crippen molar-refractivity contribution in [2.24, 2.45) is 11.7 Å². The number of rotatable bonds is 6. The van der Waals surface area contributed by atoms with Crippen LogP contribution in [0, 0.1) is 5.92 Å². The van der Waals surface area contributed by atoms with Crippen LogP contribution in [0.25, 0.3) is 6.08 Å². The average Bonchev–Trinajstić information content (AvgIpc) is 3.18. The number of carbonyl (C=O) groups excluding carboxylic acids is 2. The van der Waals surface area contributed by atoms with Gasteiger partial charge in [-0.05, 0) is 64.0 Å². The molecular formula is C24H31N6O3+. The van der Waals surface area contributed by atoms with E-state index in [4.69, 9.17) is 10.5 Å². The summed E-state index contributed by atoms with van der Waals surface area (Å²) in [5, 5.41) is 5.71. The molecule has 1 aromatic heterocycles. The van der Waals surface area contributed by atoms with E-state index >= 15 is 0 Å². The minimum absolute atomic E-state index is 0.00833. The number of benzene rings is 1. The molecule has 4 N–H and O–H groups in total. The number of carbonyl (C=O) groups is 2. The molecular weight excluding hydrogens is 420 g/mol. The number of piperidine rings is 1. The molecule has 2 aliphatic heterocycles. The van der Waals surface area contributed by atoms with E-state index in [0.717, 1.165) is 37.2 Å². The highest BCUT2D eigenvalue weighted by Gasteiger charge is 2.39. The molecule has 4 amide bonds. The minimum atomic E-state index is -0.417. The van der Waals surface area contributed by atoms with Crippen LogP contribution in [0.1, 0.15) is 25.3 Å². The zero-order valence-electron chi connectivity index (χ0n) is 19.1. The zero-order chi connectivity index (χ0) is 23.4. The number of ether oxygens (including phenoxy) is 1. The van der Waals surface area contributed by atoms with E-state index in [-0.39, 0.29) is 10.5 Å². The molecule has 9 nitrogen and oxygen atoms in total. The summed E-state index contributed by atoms with van der Waals surface area (Å²) in [6.07, 6.45) is 7.44. The van der Waals surface area contributed by atoms with Gasteiger partial charge in [0, 0.05) is 36.5 Å². The largest absolute Gasteiger partial charge is 0.457 e. The zero-order valence-corrected chi connectivity index (χ0v) is 19.1. The van der Waals surface area contributed by atoms with Crippen molar-refractivity contribution in [2.45, 2.75) is 19.8 Å². The Balaban J connectivity index is 1.36. The van der Waals surface area contributed by atoms with E-state index < -0.39 is 6.03 Å². The van der Waals surface area contributed by atoms with E-state index in [1.165, 1.54) is 0 Å². The number of nitrogens with zero attached hydrogens (tertiary/aromatic N) is 3. The first kappa shape index (κ1) is 22.8. The van der Waals surface area contributed by atoms with Crippen LogP contribution < -0.4 is 25.6 Å². The summed E-state index contributed by atoms with van der Waals surface area (Å²) in [4.78, 5) is 30.8. The number of hydrogen-bond acceptors (Lipinski definition) is 5. The molecule has 2 aliphatic rings. The van der Waals surface area contributed by atoms with Crippen molar-refractivity contribution in [3.05, 3.63) is 48.3 Å². The lowest BCUT2D eigenvalue weighted by molar-refractivity contribution is 0.213. The lowest BCUT2D eigenvalue weighted by Gasteiger charge is -2.28. The number of quaternary nitrogens is 1. The Kier molecular flexibility index (Phi) is 6.62. The van der Waals surface area contributed by atoms with Crippen LogP contribution in [0.5, 0.6) is 11.5 Å². The Morgan fingerprint density at radius 3 is 2.70 bits per heavy atom. The van der Waals surface area contributed by atoms with Gasteiger partial charge >= 0.3 is 12.1 Å². The first-order chi connectivity index (χ1) is 15.9. The Morgan fingerprint density at radius 1 is 1.21 bits per heavy atom. The van der Waals surface area contributed by atoms with Gasteiger partial charge in [0.2, 0.25) is 0 Å². The highest BCUT2D eigenvalue weighted by Crippen LogP contribution is 2.38. The Labute approximate surface area is 193 Å². The molecule has 2 aromatic rings. The van der Waals surface area contributed by atoms with Crippen LogP contribution >= 0.6 is 0 Å². The fourth-order valence-corrected chi connectivity index (χ4v) is 4.35. The molecule has 0 saturated carbocycles. The van der Waals surface area contributed by atoms with Gasteiger partial charge in [-0.25, -0.2) is 14.6 Å². The number of pyridine rings is 1. The number of fused-ring (bicyclic) bond motifs is 1.